The van der Waals surface area contributed by atoms with Gasteiger partial charge in [-0.3, -0.25) is 4.79 Å². The van der Waals surface area contributed by atoms with Gasteiger partial charge in [0.25, 0.3) is 0 Å². The van der Waals surface area contributed by atoms with Gasteiger partial charge in [-0.05, 0) is 41.0 Å². The van der Waals surface area contributed by atoms with E-state index >= 15 is 0 Å². The molecule has 154 valence electrons. The number of nitrogens with zero attached hydrogens (tertiary/aromatic N) is 1. The van der Waals surface area contributed by atoms with Crippen LogP contribution < -0.4 is 14.9 Å². The molecule has 3 rings (SSSR count). The second-order valence-corrected chi connectivity index (χ2v) is 7.73. The Hall–Kier alpha value is -2.83. The highest BCUT2D eigenvalue weighted by molar-refractivity contribution is 9.10. The van der Waals surface area contributed by atoms with E-state index in [2.05, 4.69) is 26.5 Å². The van der Waals surface area contributed by atoms with Crippen molar-refractivity contribution >= 4 is 39.7 Å². The zero-order valence-electron chi connectivity index (χ0n) is 16.3. The molecule has 0 aliphatic rings. The molecule has 0 radical (unpaired) electrons. The van der Waals surface area contributed by atoms with Gasteiger partial charge in [0.15, 0.2) is 11.5 Å². The SMILES string of the molecule is COc1cc(/C=N\NC(=O)Cc2ccc(Br)cc2)cc(Cl)c1OCc1ccccc1. The zero-order chi connectivity index (χ0) is 21.3. The van der Waals surface area contributed by atoms with Crippen LogP contribution in [0.4, 0.5) is 0 Å². The summed E-state index contributed by atoms with van der Waals surface area (Å²) in [5.74, 6) is 0.731. The van der Waals surface area contributed by atoms with E-state index in [0.29, 0.717) is 28.7 Å². The maximum absolute atomic E-state index is 12.0. The van der Waals surface area contributed by atoms with Crippen LogP contribution in [0.1, 0.15) is 16.7 Å². The summed E-state index contributed by atoms with van der Waals surface area (Å²) in [7, 11) is 1.54. The number of halogens is 2. The number of amides is 1. The normalized spacial score (nSPS) is 10.8. The predicted molar refractivity (Wildman–Crippen MR) is 122 cm³/mol. The summed E-state index contributed by atoms with van der Waals surface area (Å²) in [5, 5.41) is 4.40. The van der Waals surface area contributed by atoms with Gasteiger partial charge in [0.2, 0.25) is 5.91 Å². The number of benzene rings is 3. The molecule has 1 N–H and O–H groups in total. The molecule has 0 saturated carbocycles. The highest BCUT2D eigenvalue weighted by atomic mass is 79.9. The fourth-order valence-electron chi connectivity index (χ4n) is 2.69. The lowest BCUT2D eigenvalue weighted by Gasteiger charge is -2.13. The molecule has 7 heteroatoms. The number of carbonyl (C=O) groups excluding carboxylic acids is 1. The van der Waals surface area contributed by atoms with Gasteiger partial charge in [-0.15, -0.1) is 0 Å². The minimum Gasteiger partial charge on any atom is -0.493 e. The van der Waals surface area contributed by atoms with Crippen molar-refractivity contribution in [2.75, 3.05) is 7.11 Å². The third kappa shape index (κ3) is 6.34. The first kappa shape index (κ1) is 21.9. The lowest BCUT2D eigenvalue weighted by atomic mass is 10.1. The average Bonchev–Trinajstić information content (AvgIpc) is 2.75. The van der Waals surface area contributed by atoms with E-state index < -0.39 is 0 Å². The van der Waals surface area contributed by atoms with Crippen molar-refractivity contribution in [3.63, 3.8) is 0 Å². The fourth-order valence-corrected chi connectivity index (χ4v) is 3.23. The van der Waals surface area contributed by atoms with Crippen molar-refractivity contribution in [1.82, 2.24) is 5.43 Å². The van der Waals surface area contributed by atoms with E-state index in [9.17, 15) is 4.79 Å². The molecular weight excluding hydrogens is 468 g/mol. The Labute approximate surface area is 188 Å². The molecule has 0 fully saturated rings. The summed E-state index contributed by atoms with van der Waals surface area (Å²) in [6.45, 7) is 0.371. The van der Waals surface area contributed by atoms with Crippen LogP contribution in [0.15, 0.2) is 76.3 Å². The van der Waals surface area contributed by atoms with Gasteiger partial charge in [-0.2, -0.15) is 5.10 Å². The lowest BCUT2D eigenvalue weighted by Crippen LogP contribution is -2.19. The highest BCUT2D eigenvalue weighted by Gasteiger charge is 2.12. The minimum absolute atomic E-state index is 0.213. The van der Waals surface area contributed by atoms with Crippen LogP contribution in [0, 0.1) is 0 Å². The molecule has 0 bridgehead atoms. The summed E-state index contributed by atoms with van der Waals surface area (Å²) in [4.78, 5) is 12.0. The number of rotatable bonds is 8. The van der Waals surface area contributed by atoms with Crippen LogP contribution in [0.3, 0.4) is 0 Å². The molecule has 0 heterocycles. The Kier molecular flexibility index (Phi) is 7.88. The quantitative estimate of drug-likeness (QED) is 0.343. The molecule has 0 aliphatic heterocycles. The van der Waals surface area contributed by atoms with Crippen molar-refractivity contribution in [3.05, 3.63) is 92.9 Å². The van der Waals surface area contributed by atoms with Gasteiger partial charge in [0.1, 0.15) is 6.61 Å². The van der Waals surface area contributed by atoms with Crippen molar-refractivity contribution in [1.29, 1.82) is 0 Å². The van der Waals surface area contributed by atoms with E-state index in [1.807, 2.05) is 54.6 Å². The summed E-state index contributed by atoms with van der Waals surface area (Å²) in [6.07, 6.45) is 1.75. The van der Waals surface area contributed by atoms with E-state index in [1.54, 1.807) is 19.2 Å². The molecular formula is C23H20BrClN2O3. The van der Waals surface area contributed by atoms with Gasteiger partial charge in [0.05, 0.1) is 24.8 Å². The van der Waals surface area contributed by atoms with Crippen LogP contribution in [0.5, 0.6) is 11.5 Å². The monoisotopic (exact) mass is 486 g/mol. The highest BCUT2D eigenvalue weighted by Crippen LogP contribution is 2.36. The molecule has 0 aromatic heterocycles. The second kappa shape index (κ2) is 10.8. The molecule has 0 saturated heterocycles. The maximum atomic E-state index is 12.0. The molecule has 0 atom stereocenters. The molecule has 1 amide bonds. The second-order valence-electron chi connectivity index (χ2n) is 6.40. The van der Waals surface area contributed by atoms with Gasteiger partial charge in [-0.1, -0.05) is 70.0 Å². The molecule has 5 nitrogen and oxygen atoms in total. The number of ether oxygens (including phenoxy) is 2. The van der Waals surface area contributed by atoms with E-state index in [4.69, 9.17) is 21.1 Å². The Morgan fingerprint density at radius 1 is 1.10 bits per heavy atom. The smallest absolute Gasteiger partial charge is 0.244 e. The summed E-state index contributed by atoms with van der Waals surface area (Å²) in [5.41, 5.74) is 5.11. The average molecular weight is 488 g/mol. The third-order valence-corrected chi connectivity index (χ3v) is 4.97. The third-order valence-electron chi connectivity index (χ3n) is 4.16. The van der Waals surface area contributed by atoms with Crippen LogP contribution >= 0.6 is 27.5 Å². The topological polar surface area (TPSA) is 59.9 Å². The first-order chi connectivity index (χ1) is 14.5. The zero-order valence-corrected chi connectivity index (χ0v) is 18.6. The first-order valence-corrected chi connectivity index (χ1v) is 10.3. The van der Waals surface area contributed by atoms with Gasteiger partial charge < -0.3 is 9.47 Å². The Bertz CT molecular complexity index is 1020. The molecule has 0 spiro atoms. The van der Waals surface area contributed by atoms with Crippen molar-refractivity contribution in [3.8, 4) is 11.5 Å². The molecule has 0 unspecified atom stereocenters. The van der Waals surface area contributed by atoms with Crippen molar-refractivity contribution in [2.45, 2.75) is 13.0 Å². The standard InChI is InChI=1S/C23H20BrClN2O3/c1-29-21-12-18(11-20(25)23(21)30-15-17-5-3-2-4-6-17)14-26-27-22(28)13-16-7-9-19(24)10-8-16/h2-12,14H,13,15H2,1H3,(H,27,28)/b26-14-. The number of methoxy groups -OCH3 is 1. The number of nitrogens with one attached hydrogen (secondary N) is 1. The molecule has 0 aliphatic carbocycles. The largest absolute Gasteiger partial charge is 0.493 e. The molecule has 3 aromatic carbocycles. The summed E-state index contributed by atoms with van der Waals surface area (Å²) >= 11 is 9.75. The Morgan fingerprint density at radius 2 is 1.83 bits per heavy atom. The first-order valence-electron chi connectivity index (χ1n) is 9.16. The van der Waals surface area contributed by atoms with Gasteiger partial charge in [0, 0.05) is 4.47 Å². The Balaban J connectivity index is 1.62. The van der Waals surface area contributed by atoms with E-state index in [-0.39, 0.29) is 12.3 Å². The van der Waals surface area contributed by atoms with Crippen LogP contribution in [0.25, 0.3) is 0 Å². The lowest BCUT2D eigenvalue weighted by molar-refractivity contribution is -0.120. The predicted octanol–water partition coefficient (Wildman–Crippen LogP) is 5.38. The minimum atomic E-state index is -0.213. The van der Waals surface area contributed by atoms with Gasteiger partial charge >= 0.3 is 0 Å². The number of hydrazone groups is 1. The van der Waals surface area contributed by atoms with E-state index in [1.165, 1.54) is 6.21 Å². The number of hydrogen-bond acceptors (Lipinski definition) is 4. The van der Waals surface area contributed by atoms with Crippen LogP contribution in [0.2, 0.25) is 5.02 Å². The number of hydrogen-bond donors (Lipinski definition) is 1. The van der Waals surface area contributed by atoms with E-state index in [0.717, 1.165) is 15.6 Å². The molecule has 3 aromatic rings. The van der Waals surface area contributed by atoms with Crippen molar-refractivity contribution in [2.24, 2.45) is 5.10 Å². The summed E-state index contributed by atoms with van der Waals surface area (Å²) in [6, 6.07) is 20.8. The summed E-state index contributed by atoms with van der Waals surface area (Å²) < 4.78 is 12.2. The van der Waals surface area contributed by atoms with Crippen molar-refractivity contribution < 1.29 is 14.3 Å². The van der Waals surface area contributed by atoms with Crippen LogP contribution in [-0.2, 0) is 17.8 Å². The maximum Gasteiger partial charge on any atom is 0.244 e. The number of carbonyl (C=O) groups is 1. The fraction of sp³-hybridized carbons (Fsp3) is 0.130. The Morgan fingerprint density at radius 3 is 2.53 bits per heavy atom. The molecule has 30 heavy (non-hydrogen) atoms. The van der Waals surface area contributed by atoms with Gasteiger partial charge in [-0.25, -0.2) is 5.43 Å². The van der Waals surface area contributed by atoms with Crippen LogP contribution in [-0.4, -0.2) is 19.2 Å².